The molecule has 0 radical (unpaired) electrons. The molecule has 118 valence electrons. The summed E-state index contributed by atoms with van der Waals surface area (Å²) < 4.78 is 15.8. The lowest BCUT2D eigenvalue weighted by atomic mass is 10.1. The van der Waals surface area contributed by atoms with Crippen molar-refractivity contribution in [2.75, 3.05) is 40.5 Å². The Labute approximate surface area is 126 Å². The molecule has 0 aromatic heterocycles. The van der Waals surface area contributed by atoms with Crippen LogP contribution in [0.2, 0.25) is 0 Å². The van der Waals surface area contributed by atoms with E-state index in [0.717, 1.165) is 6.42 Å². The SMILES string of the molecule is C=CCCOCCNCC(O)c1cc(OC)ccc1OC. The van der Waals surface area contributed by atoms with E-state index in [9.17, 15) is 5.11 Å². The summed E-state index contributed by atoms with van der Waals surface area (Å²) in [7, 11) is 3.18. The summed E-state index contributed by atoms with van der Waals surface area (Å²) in [5, 5.41) is 13.4. The number of methoxy groups -OCH3 is 2. The number of ether oxygens (including phenoxy) is 3. The highest BCUT2D eigenvalue weighted by Gasteiger charge is 2.14. The second-order valence-electron chi connectivity index (χ2n) is 4.52. The number of aliphatic hydroxyl groups excluding tert-OH is 1. The van der Waals surface area contributed by atoms with Crippen LogP contribution in [0.3, 0.4) is 0 Å². The molecule has 0 amide bonds. The number of benzene rings is 1. The molecule has 0 fully saturated rings. The van der Waals surface area contributed by atoms with Crippen molar-refractivity contribution in [1.29, 1.82) is 0 Å². The fourth-order valence-electron chi connectivity index (χ4n) is 1.86. The van der Waals surface area contributed by atoms with Gasteiger partial charge in [-0.3, -0.25) is 0 Å². The van der Waals surface area contributed by atoms with E-state index in [4.69, 9.17) is 14.2 Å². The van der Waals surface area contributed by atoms with Crippen LogP contribution in [0.25, 0.3) is 0 Å². The average molecular weight is 295 g/mol. The lowest BCUT2D eigenvalue weighted by molar-refractivity contribution is 0.130. The smallest absolute Gasteiger partial charge is 0.124 e. The van der Waals surface area contributed by atoms with E-state index in [2.05, 4.69) is 11.9 Å². The third-order valence-electron chi connectivity index (χ3n) is 3.02. The highest BCUT2D eigenvalue weighted by molar-refractivity contribution is 5.41. The minimum absolute atomic E-state index is 0.425. The minimum Gasteiger partial charge on any atom is -0.497 e. The monoisotopic (exact) mass is 295 g/mol. The Kier molecular flexibility index (Phi) is 8.50. The molecular weight excluding hydrogens is 270 g/mol. The van der Waals surface area contributed by atoms with Gasteiger partial charge in [0.25, 0.3) is 0 Å². The zero-order chi connectivity index (χ0) is 15.5. The molecule has 0 spiro atoms. The zero-order valence-corrected chi connectivity index (χ0v) is 12.8. The van der Waals surface area contributed by atoms with Gasteiger partial charge in [0.1, 0.15) is 11.5 Å². The summed E-state index contributed by atoms with van der Waals surface area (Å²) in [6.07, 6.45) is 2.01. The van der Waals surface area contributed by atoms with E-state index in [1.165, 1.54) is 0 Å². The number of hydrogen-bond donors (Lipinski definition) is 2. The van der Waals surface area contributed by atoms with E-state index >= 15 is 0 Å². The molecule has 0 aliphatic carbocycles. The van der Waals surface area contributed by atoms with Crippen molar-refractivity contribution in [2.45, 2.75) is 12.5 Å². The highest BCUT2D eigenvalue weighted by Crippen LogP contribution is 2.28. The van der Waals surface area contributed by atoms with Gasteiger partial charge in [0, 0.05) is 18.7 Å². The van der Waals surface area contributed by atoms with Gasteiger partial charge in [0.05, 0.1) is 33.5 Å². The summed E-state index contributed by atoms with van der Waals surface area (Å²) in [6, 6.07) is 5.37. The summed E-state index contributed by atoms with van der Waals surface area (Å²) in [4.78, 5) is 0. The van der Waals surface area contributed by atoms with Crippen LogP contribution in [-0.2, 0) is 4.74 Å². The maximum absolute atomic E-state index is 10.2. The van der Waals surface area contributed by atoms with Gasteiger partial charge in [0.15, 0.2) is 0 Å². The van der Waals surface area contributed by atoms with Gasteiger partial charge in [-0.15, -0.1) is 6.58 Å². The van der Waals surface area contributed by atoms with Crippen LogP contribution in [0.1, 0.15) is 18.1 Å². The first-order valence-corrected chi connectivity index (χ1v) is 7.02. The van der Waals surface area contributed by atoms with Crippen LogP contribution in [-0.4, -0.2) is 45.6 Å². The molecule has 1 unspecified atom stereocenters. The van der Waals surface area contributed by atoms with Crippen molar-refractivity contribution in [3.05, 3.63) is 36.4 Å². The molecule has 1 aromatic rings. The van der Waals surface area contributed by atoms with Crippen molar-refractivity contribution in [3.8, 4) is 11.5 Å². The molecule has 0 bridgehead atoms. The van der Waals surface area contributed by atoms with Crippen LogP contribution >= 0.6 is 0 Å². The van der Waals surface area contributed by atoms with Crippen LogP contribution in [0, 0.1) is 0 Å². The number of rotatable bonds is 11. The Balaban J connectivity index is 2.40. The van der Waals surface area contributed by atoms with Crippen molar-refractivity contribution < 1.29 is 19.3 Å². The predicted octanol–water partition coefficient (Wildman–Crippen LogP) is 1.92. The summed E-state index contributed by atoms with van der Waals surface area (Å²) >= 11 is 0. The number of hydrogen-bond acceptors (Lipinski definition) is 5. The molecule has 0 aliphatic heterocycles. The molecule has 0 heterocycles. The Hall–Kier alpha value is -1.56. The van der Waals surface area contributed by atoms with Gasteiger partial charge in [0.2, 0.25) is 0 Å². The van der Waals surface area contributed by atoms with E-state index < -0.39 is 6.10 Å². The molecule has 0 aliphatic rings. The largest absolute Gasteiger partial charge is 0.497 e. The van der Waals surface area contributed by atoms with E-state index in [0.29, 0.717) is 43.4 Å². The van der Waals surface area contributed by atoms with Crippen molar-refractivity contribution in [2.24, 2.45) is 0 Å². The second-order valence-corrected chi connectivity index (χ2v) is 4.52. The quantitative estimate of drug-likeness (QED) is 0.482. The molecule has 0 saturated heterocycles. The molecule has 21 heavy (non-hydrogen) atoms. The Morgan fingerprint density at radius 1 is 1.29 bits per heavy atom. The van der Waals surface area contributed by atoms with Crippen LogP contribution < -0.4 is 14.8 Å². The van der Waals surface area contributed by atoms with Gasteiger partial charge in [-0.1, -0.05) is 6.08 Å². The maximum atomic E-state index is 10.2. The van der Waals surface area contributed by atoms with E-state index in [1.807, 2.05) is 6.08 Å². The minimum atomic E-state index is -0.664. The lowest BCUT2D eigenvalue weighted by Crippen LogP contribution is -2.25. The van der Waals surface area contributed by atoms with Crippen molar-refractivity contribution in [3.63, 3.8) is 0 Å². The van der Waals surface area contributed by atoms with Gasteiger partial charge in [-0.05, 0) is 24.6 Å². The van der Waals surface area contributed by atoms with Crippen molar-refractivity contribution in [1.82, 2.24) is 5.32 Å². The summed E-state index contributed by atoms with van der Waals surface area (Å²) in [5.41, 5.74) is 0.705. The maximum Gasteiger partial charge on any atom is 0.124 e. The summed E-state index contributed by atoms with van der Waals surface area (Å²) in [6.45, 7) is 6.02. The fourth-order valence-corrected chi connectivity index (χ4v) is 1.86. The second kappa shape index (κ2) is 10.2. The van der Waals surface area contributed by atoms with Gasteiger partial charge in [-0.25, -0.2) is 0 Å². The van der Waals surface area contributed by atoms with Crippen LogP contribution in [0.4, 0.5) is 0 Å². The first-order chi connectivity index (χ1) is 10.2. The van der Waals surface area contributed by atoms with Crippen LogP contribution in [0.15, 0.2) is 30.9 Å². The normalized spacial score (nSPS) is 12.0. The van der Waals surface area contributed by atoms with Gasteiger partial charge >= 0.3 is 0 Å². The van der Waals surface area contributed by atoms with E-state index in [-0.39, 0.29) is 0 Å². The standard InChI is InChI=1S/C16H25NO4/c1-4-5-9-21-10-8-17-12-15(18)14-11-13(19-2)6-7-16(14)20-3/h4,6-7,11,15,17-18H,1,5,8-10,12H2,2-3H3. The third kappa shape index (κ3) is 6.16. The molecule has 2 N–H and O–H groups in total. The Bertz CT molecular complexity index is 423. The third-order valence-corrected chi connectivity index (χ3v) is 3.02. The topological polar surface area (TPSA) is 60.0 Å². The number of aliphatic hydroxyl groups is 1. The molecular formula is C16H25NO4. The molecule has 1 aromatic carbocycles. The molecule has 5 nitrogen and oxygen atoms in total. The average Bonchev–Trinajstić information content (AvgIpc) is 2.53. The number of nitrogens with one attached hydrogen (secondary N) is 1. The first-order valence-electron chi connectivity index (χ1n) is 7.02. The molecule has 1 rings (SSSR count). The highest BCUT2D eigenvalue weighted by atomic mass is 16.5. The summed E-state index contributed by atoms with van der Waals surface area (Å²) in [5.74, 6) is 1.34. The van der Waals surface area contributed by atoms with Gasteiger partial charge < -0.3 is 24.6 Å². The zero-order valence-electron chi connectivity index (χ0n) is 12.8. The van der Waals surface area contributed by atoms with Crippen LogP contribution in [0.5, 0.6) is 11.5 Å². The molecule has 5 heteroatoms. The fraction of sp³-hybridized carbons (Fsp3) is 0.500. The Morgan fingerprint density at radius 2 is 2.10 bits per heavy atom. The Morgan fingerprint density at radius 3 is 2.76 bits per heavy atom. The van der Waals surface area contributed by atoms with Gasteiger partial charge in [-0.2, -0.15) is 0 Å². The predicted molar refractivity (Wildman–Crippen MR) is 83.0 cm³/mol. The van der Waals surface area contributed by atoms with Crippen molar-refractivity contribution >= 4 is 0 Å². The molecule has 1 atom stereocenters. The van der Waals surface area contributed by atoms with E-state index in [1.54, 1.807) is 32.4 Å². The lowest BCUT2D eigenvalue weighted by Gasteiger charge is -2.16. The first kappa shape index (κ1) is 17.5. The molecule has 0 saturated carbocycles.